The zero-order valence-electron chi connectivity index (χ0n) is 6.76. The van der Waals surface area contributed by atoms with Crippen LogP contribution in [0.2, 0.25) is 0 Å². The predicted octanol–water partition coefficient (Wildman–Crippen LogP) is -0.956. The minimum absolute atomic E-state index is 0.272. The first-order valence-electron chi connectivity index (χ1n) is 3.94. The molecule has 1 aliphatic rings. The standard InChI is InChI=1S/C8H14O4/c1-2-3-5-7(10)8(11)6(4-9)12-5/h2,5-11H,1,3-4H2. The summed E-state index contributed by atoms with van der Waals surface area (Å²) in [5.41, 5.74) is 0. The second-order valence-electron chi connectivity index (χ2n) is 2.90. The fourth-order valence-corrected chi connectivity index (χ4v) is 1.34. The van der Waals surface area contributed by atoms with E-state index in [0.717, 1.165) is 0 Å². The van der Waals surface area contributed by atoms with E-state index in [4.69, 9.17) is 9.84 Å². The molecule has 3 N–H and O–H groups in total. The second kappa shape index (κ2) is 4.00. The Morgan fingerprint density at radius 1 is 1.25 bits per heavy atom. The number of hydrogen-bond acceptors (Lipinski definition) is 4. The molecule has 1 aliphatic heterocycles. The Morgan fingerprint density at radius 3 is 2.25 bits per heavy atom. The van der Waals surface area contributed by atoms with Crippen LogP contribution in [0.5, 0.6) is 0 Å². The minimum atomic E-state index is -0.986. The highest BCUT2D eigenvalue weighted by molar-refractivity contribution is 4.93. The average molecular weight is 174 g/mol. The van der Waals surface area contributed by atoms with Gasteiger partial charge in [0.1, 0.15) is 18.3 Å². The van der Waals surface area contributed by atoms with E-state index in [2.05, 4.69) is 6.58 Å². The largest absolute Gasteiger partial charge is 0.394 e. The molecule has 0 aromatic heterocycles. The van der Waals surface area contributed by atoms with Gasteiger partial charge >= 0.3 is 0 Å². The van der Waals surface area contributed by atoms with Gasteiger partial charge in [-0.1, -0.05) is 6.08 Å². The molecule has 0 radical (unpaired) electrons. The van der Waals surface area contributed by atoms with Crippen molar-refractivity contribution < 1.29 is 20.1 Å². The molecule has 0 spiro atoms. The van der Waals surface area contributed by atoms with Crippen LogP contribution in [0.1, 0.15) is 6.42 Å². The molecule has 0 bridgehead atoms. The van der Waals surface area contributed by atoms with Gasteiger partial charge in [-0.2, -0.15) is 0 Å². The SMILES string of the molecule is C=CCC1OC(CO)C(O)C1O. The van der Waals surface area contributed by atoms with Crippen molar-refractivity contribution in [2.45, 2.75) is 30.8 Å². The molecule has 0 aliphatic carbocycles. The average Bonchev–Trinajstić information content (AvgIpc) is 2.33. The van der Waals surface area contributed by atoms with Gasteiger partial charge in [0.2, 0.25) is 0 Å². The number of aliphatic hydroxyl groups excluding tert-OH is 3. The third-order valence-electron chi connectivity index (χ3n) is 2.04. The van der Waals surface area contributed by atoms with Crippen LogP contribution in [0.3, 0.4) is 0 Å². The van der Waals surface area contributed by atoms with Gasteiger partial charge in [0.15, 0.2) is 0 Å². The van der Waals surface area contributed by atoms with Gasteiger partial charge in [-0.25, -0.2) is 0 Å². The van der Waals surface area contributed by atoms with Crippen LogP contribution in [0.4, 0.5) is 0 Å². The summed E-state index contributed by atoms with van der Waals surface area (Å²) in [5.74, 6) is 0. The highest BCUT2D eigenvalue weighted by Gasteiger charge is 2.41. The van der Waals surface area contributed by atoms with Crippen molar-refractivity contribution in [3.05, 3.63) is 12.7 Å². The van der Waals surface area contributed by atoms with E-state index in [-0.39, 0.29) is 6.61 Å². The Labute approximate surface area is 71.1 Å². The fraction of sp³-hybridized carbons (Fsp3) is 0.750. The van der Waals surface area contributed by atoms with Crippen molar-refractivity contribution in [3.63, 3.8) is 0 Å². The molecule has 0 amide bonds. The molecule has 0 saturated carbocycles. The highest BCUT2D eigenvalue weighted by Crippen LogP contribution is 2.23. The second-order valence-corrected chi connectivity index (χ2v) is 2.90. The molecule has 0 aromatic rings. The molecule has 4 atom stereocenters. The lowest BCUT2D eigenvalue weighted by molar-refractivity contribution is -0.0208. The van der Waals surface area contributed by atoms with Crippen molar-refractivity contribution in [2.75, 3.05) is 6.61 Å². The molecule has 4 nitrogen and oxygen atoms in total. The zero-order chi connectivity index (χ0) is 9.14. The highest BCUT2D eigenvalue weighted by atomic mass is 16.6. The molecule has 1 fully saturated rings. The van der Waals surface area contributed by atoms with Gasteiger partial charge in [0.05, 0.1) is 12.7 Å². The molecule has 1 rings (SSSR count). The van der Waals surface area contributed by atoms with Crippen molar-refractivity contribution in [1.29, 1.82) is 0 Å². The van der Waals surface area contributed by atoms with Crippen LogP contribution in [0, 0.1) is 0 Å². The summed E-state index contributed by atoms with van der Waals surface area (Å²) in [4.78, 5) is 0. The maximum absolute atomic E-state index is 9.36. The van der Waals surface area contributed by atoms with Gasteiger partial charge in [-0.05, 0) is 6.42 Å². The van der Waals surface area contributed by atoms with Gasteiger partial charge in [0, 0.05) is 0 Å². The van der Waals surface area contributed by atoms with E-state index in [1.807, 2.05) is 0 Å². The Morgan fingerprint density at radius 2 is 1.83 bits per heavy atom. The van der Waals surface area contributed by atoms with E-state index in [0.29, 0.717) is 6.42 Å². The van der Waals surface area contributed by atoms with Crippen molar-refractivity contribution in [1.82, 2.24) is 0 Å². The maximum atomic E-state index is 9.36. The van der Waals surface area contributed by atoms with E-state index >= 15 is 0 Å². The van der Waals surface area contributed by atoms with Crippen LogP contribution in [0.25, 0.3) is 0 Å². The maximum Gasteiger partial charge on any atom is 0.111 e. The smallest absolute Gasteiger partial charge is 0.111 e. The van der Waals surface area contributed by atoms with Crippen molar-refractivity contribution >= 4 is 0 Å². The van der Waals surface area contributed by atoms with Gasteiger partial charge in [-0.15, -0.1) is 6.58 Å². The Bertz CT molecular complexity index is 159. The summed E-state index contributed by atoms with van der Waals surface area (Å²) >= 11 is 0. The van der Waals surface area contributed by atoms with Gasteiger partial charge < -0.3 is 20.1 Å². The van der Waals surface area contributed by atoms with Crippen molar-refractivity contribution in [2.24, 2.45) is 0 Å². The predicted molar refractivity (Wildman–Crippen MR) is 42.6 cm³/mol. The number of ether oxygens (including phenoxy) is 1. The zero-order valence-corrected chi connectivity index (χ0v) is 6.76. The third kappa shape index (κ3) is 1.67. The minimum Gasteiger partial charge on any atom is -0.394 e. The van der Waals surface area contributed by atoms with E-state index in [1.165, 1.54) is 0 Å². The first-order chi connectivity index (χ1) is 5.70. The molecular weight excluding hydrogens is 160 g/mol. The molecule has 0 aromatic carbocycles. The quantitative estimate of drug-likeness (QED) is 0.482. The molecule has 4 unspecified atom stereocenters. The molecule has 12 heavy (non-hydrogen) atoms. The summed E-state index contributed by atoms with van der Waals surface area (Å²) in [6.45, 7) is 3.23. The summed E-state index contributed by atoms with van der Waals surface area (Å²) in [6.07, 6.45) is -0.908. The topological polar surface area (TPSA) is 69.9 Å². The number of rotatable bonds is 3. The lowest BCUT2D eigenvalue weighted by Gasteiger charge is -2.11. The van der Waals surface area contributed by atoms with Crippen LogP contribution >= 0.6 is 0 Å². The number of hydrogen-bond donors (Lipinski definition) is 3. The third-order valence-corrected chi connectivity index (χ3v) is 2.04. The first-order valence-corrected chi connectivity index (χ1v) is 3.94. The number of aliphatic hydroxyl groups is 3. The molecule has 70 valence electrons. The Kier molecular flexibility index (Phi) is 3.22. The van der Waals surface area contributed by atoms with Gasteiger partial charge in [0.25, 0.3) is 0 Å². The monoisotopic (exact) mass is 174 g/mol. The Balaban J connectivity index is 2.53. The van der Waals surface area contributed by atoms with E-state index in [9.17, 15) is 10.2 Å². The Hall–Kier alpha value is -0.420. The lowest BCUT2D eigenvalue weighted by Crippen LogP contribution is -2.33. The molecule has 4 heteroatoms. The van der Waals surface area contributed by atoms with Crippen molar-refractivity contribution in [3.8, 4) is 0 Å². The van der Waals surface area contributed by atoms with Gasteiger partial charge in [-0.3, -0.25) is 0 Å². The first kappa shape index (κ1) is 9.67. The normalized spacial score (nSPS) is 41.6. The summed E-state index contributed by atoms with van der Waals surface area (Å²) < 4.78 is 5.15. The summed E-state index contributed by atoms with van der Waals surface area (Å²) in [7, 11) is 0. The summed E-state index contributed by atoms with van der Waals surface area (Å²) in [5, 5.41) is 27.4. The van der Waals surface area contributed by atoms with Crippen LogP contribution in [-0.2, 0) is 4.74 Å². The molecule has 1 saturated heterocycles. The van der Waals surface area contributed by atoms with E-state index in [1.54, 1.807) is 6.08 Å². The fourth-order valence-electron chi connectivity index (χ4n) is 1.34. The van der Waals surface area contributed by atoms with Crippen LogP contribution < -0.4 is 0 Å². The van der Waals surface area contributed by atoms with E-state index < -0.39 is 24.4 Å². The van der Waals surface area contributed by atoms with Crippen LogP contribution in [0.15, 0.2) is 12.7 Å². The molecular formula is C8H14O4. The molecule has 1 heterocycles. The van der Waals surface area contributed by atoms with Crippen LogP contribution in [-0.4, -0.2) is 46.3 Å². The lowest BCUT2D eigenvalue weighted by atomic mass is 10.1. The summed E-state index contributed by atoms with van der Waals surface area (Å²) in [6, 6.07) is 0.